The predicted molar refractivity (Wildman–Crippen MR) is 85.7 cm³/mol. The van der Waals surface area contributed by atoms with Crippen LogP contribution >= 0.6 is 12.2 Å². The van der Waals surface area contributed by atoms with E-state index in [1.165, 1.54) is 0 Å². The number of nitrogens with one attached hydrogen (secondary N) is 2. The number of amides is 1. The number of benzene rings is 2. The Morgan fingerprint density at radius 2 is 1.90 bits per heavy atom. The lowest BCUT2D eigenvalue weighted by Crippen LogP contribution is -2.35. The van der Waals surface area contributed by atoms with Crippen molar-refractivity contribution in [2.45, 2.75) is 6.42 Å². The molecule has 0 aliphatic rings. The molecule has 0 spiro atoms. The van der Waals surface area contributed by atoms with Crippen LogP contribution in [0.2, 0.25) is 0 Å². The van der Waals surface area contributed by atoms with Gasteiger partial charge in [0.15, 0.2) is 5.11 Å². The average Bonchev–Trinajstić information content (AvgIpc) is 2.48. The molecule has 4 nitrogen and oxygen atoms in total. The molecule has 0 fully saturated rings. The van der Waals surface area contributed by atoms with Crippen LogP contribution in [0, 0.1) is 11.3 Å². The Morgan fingerprint density at radius 3 is 2.62 bits per heavy atom. The maximum atomic E-state index is 11.8. The molecule has 0 aliphatic carbocycles. The van der Waals surface area contributed by atoms with Crippen LogP contribution in [0.4, 0.5) is 5.69 Å². The Hall–Kier alpha value is -2.71. The Morgan fingerprint density at radius 1 is 1.14 bits per heavy atom. The van der Waals surface area contributed by atoms with Gasteiger partial charge in [0.05, 0.1) is 18.1 Å². The van der Waals surface area contributed by atoms with Crippen molar-refractivity contribution in [3.63, 3.8) is 0 Å². The Kier molecular flexibility index (Phi) is 5.02. The molecule has 21 heavy (non-hydrogen) atoms. The van der Waals surface area contributed by atoms with E-state index >= 15 is 0 Å². The van der Waals surface area contributed by atoms with Crippen LogP contribution in [0.5, 0.6) is 0 Å². The van der Waals surface area contributed by atoms with Gasteiger partial charge in [-0.2, -0.15) is 5.26 Å². The van der Waals surface area contributed by atoms with Gasteiger partial charge in [-0.1, -0.05) is 36.4 Å². The van der Waals surface area contributed by atoms with Gasteiger partial charge in [0, 0.05) is 5.69 Å². The molecule has 2 rings (SSSR count). The van der Waals surface area contributed by atoms with E-state index in [2.05, 4.69) is 10.6 Å². The summed E-state index contributed by atoms with van der Waals surface area (Å²) in [5.74, 6) is -0.185. The van der Waals surface area contributed by atoms with E-state index in [0.717, 1.165) is 5.56 Å². The van der Waals surface area contributed by atoms with Gasteiger partial charge in [-0.15, -0.1) is 0 Å². The lowest BCUT2D eigenvalue weighted by atomic mass is 10.1. The maximum Gasteiger partial charge on any atom is 0.230 e. The van der Waals surface area contributed by atoms with Crippen LogP contribution < -0.4 is 10.6 Å². The zero-order chi connectivity index (χ0) is 15.1. The van der Waals surface area contributed by atoms with Crippen molar-refractivity contribution in [2.75, 3.05) is 5.32 Å². The summed E-state index contributed by atoms with van der Waals surface area (Å²) in [6.07, 6.45) is 0.265. The first-order valence-corrected chi connectivity index (χ1v) is 6.73. The molecule has 0 aromatic heterocycles. The number of carbonyl (C=O) groups is 1. The number of carbonyl (C=O) groups excluding carboxylic acids is 1. The molecule has 2 N–H and O–H groups in total. The first kappa shape index (κ1) is 14.7. The summed E-state index contributed by atoms with van der Waals surface area (Å²) < 4.78 is 0. The quantitative estimate of drug-likeness (QED) is 0.854. The van der Waals surface area contributed by atoms with Crippen LogP contribution in [0.25, 0.3) is 0 Å². The molecule has 2 aromatic rings. The van der Waals surface area contributed by atoms with Gasteiger partial charge in [0.2, 0.25) is 5.91 Å². The van der Waals surface area contributed by atoms with Crippen LogP contribution in [0.15, 0.2) is 54.6 Å². The highest BCUT2D eigenvalue weighted by atomic mass is 32.1. The minimum Gasteiger partial charge on any atom is -0.332 e. The molecule has 5 heteroatoms. The highest BCUT2D eigenvalue weighted by molar-refractivity contribution is 7.80. The largest absolute Gasteiger partial charge is 0.332 e. The smallest absolute Gasteiger partial charge is 0.230 e. The van der Waals surface area contributed by atoms with Gasteiger partial charge in [0.25, 0.3) is 0 Å². The maximum absolute atomic E-state index is 11.8. The van der Waals surface area contributed by atoms with E-state index in [1.807, 2.05) is 36.4 Å². The summed E-state index contributed by atoms with van der Waals surface area (Å²) in [5.41, 5.74) is 2.11. The molecule has 0 atom stereocenters. The van der Waals surface area contributed by atoms with E-state index < -0.39 is 0 Å². The Labute approximate surface area is 128 Å². The third-order valence-electron chi connectivity index (χ3n) is 2.71. The number of anilines is 1. The zero-order valence-electron chi connectivity index (χ0n) is 11.2. The fourth-order valence-corrected chi connectivity index (χ4v) is 2.01. The molecule has 0 bridgehead atoms. The normalized spacial score (nSPS) is 9.48. The second-order valence-corrected chi connectivity index (χ2v) is 4.77. The fourth-order valence-electron chi connectivity index (χ4n) is 1.78. The second-order valence-electron chi connectivity index (χ2n) is 4.36. The first-order chi connectivity index (χ1) is 10.2. The zero-order valence-corrected chi connectivity index (χ0v) is 12.0. The number of hydrogen-bond acceptors (Lipinski definition) is 3. The predicted octanol–water partition coefficient (Wildman–Crippen LogP) is 2.61. The summed E-state index contributed by atoms with van der Waals surface area (Å²) in [4.78, 5) is 11.8. The summed E-state index contributed by atoms with van der Waals surface area (Å²) >= 11 is 5.08. The summed E-state index contributed by atoms with van der Waals surface area (Å²) in [6, 6.07) is 18.3. The fraction of sp³-hybridized carbons (Fsp3) is 0.0625. The van der Waals surface area contributed by atoms with Crippen molar-refractivity contribution in [3.05, 3.63) is 65.7 Å². The van der Waals surface area contributed by atoms with Crippen LogP contribution in [0.1, 0.15) is 11.1 Å². The molecule has 1 amide bonds. The highest BCUT2D eigenvalue weighted by Gasteiger charge is 2.06. The highest BCUT2D eigenvalue weighted by Crippen LogP contribution is 2.09. The molecule has 0 saturated heterocycles. The molecule has 0 heterocycles. The van der Waals surface area contributed by atoms with Crippen molar-refractivity contribution >= 4 is 28.9 Å². The molecule has 0 unspecified atom stereocenters. The van der Waals surface area contributed by atoms with Gasteiger partial charge in [0.1, 0.15) is 0 Å². The van der Waals surface area contributed by atoms with E-state index in [1.54, 1.807) is 24.3 Å². The van der Waals surface area contributed by atoms with Gasteiger partial charge in [-0.25, -0.2) is 0 Å². The van der Waals surface area contributed by atoms with Crippen molar-refractivity contribution in [1.82, 2.24) is 5.32 Å². The lowest BCUT2D eigenvalue weighted by Gasteiger charge is -2.09. The topological polar surface area (TPSA) is 64.9 Å². The third-order valence-corrected chi connectivity index (χ3v) is 2.91. The minimum absolute atomic E-state index is 0.185. The average molecular weight is 295 g/mol. The van der Waals surface area contributed by atoms with Crippen molar-refractivity contribution in [3.8, 4) is 6.07 Å². The van der Waals surface area contributed by atoms with Crippen LogP contribution in [-0.2, 0) is 11.2 Å². The Bertz CT molecular complexity index is 692. The van der Waals surface area contributed by atoms with E-state index in [-0.39, 0.29) is 17.4 Å². The van der Waals surface area contributed by atoms with Gasteiger partial charge >= 0.3 is 0 Å². The number of thiocarbonyl (C=S) groups is 1. The number of hydrogen-bond donors (Lipinski definition) is 2. The molecule has 0 radical (unpaired) electrons. The summed E-state index contributed by atoms with van der Waals surface area (Å²) in [6.45, 7) is 0. The number of nitriles is 1. The van der Waals surface area contributed by atoms with Crippen molar-refractivity contribution < 1.29 is 4.79 Å². The minimum atomic E-state index is -0.185. The molecular formula is C16H13N3OS. The van der Waals surface area contributed by atoms with Gasteiger partial charge in [-0.3, -0.25) is 4.79 Å². The van der Waals surface area contributed by atoms with E-state index in [9.17, 15) is 4.79 Å². The molecule has 0 aliphatic heterocycles. The van der Waals surface area contributed by atoms with Crippen molar-refractivity contribution in [1.29, 1.82) is 5.26 Å². The number of rotatable bonds is 3. The van der Waals surface area contributed by atoms with Crippen molar-refractivity contribution in [2.24, 2.45) is 0 Å². The lowest BCUT2D eigenvalue weighted by molar-refractivity contribution is -0.119. The molecule has 2 aromatic carbocycles. The van der Waals surface area contributed by atoms with E-state index in [4.69, 9.17) is 17.5 Å². The summed E-state index contributed by atoms with van der Waals surface area (Å²) in [7, 11) is 0. The molecule has 0 saturated carbocycles. The Balaban J connectivity index is 1.89. The monoisotopic (exact) mass is 295 g/mol. The van der Waals surface area contributed by atoms with E-state index in [0.29, 0.717) is 11.3 Å². The molecular weight excluding hydrogens is 282 g/mol. The third kappa shape index (κ3) is 4.71. The van der Waals surface area contributed by atoms with Gasteiger partial charge < -0.3 is 10.6 Å². The van der Waals surface area contributed by atoms with Crippen LogP contribution in [0.3, 0.4) is 0 Å². The molecule has 104 valence electrons. The standard InChI is InChI=1S/C16H13N3OS/c17-11-13-7-4-8-14(9-13)18-16(21)19-15(20)10-12-5-2-1-3-6-12/h1-9H,10H2,(H2,18,19,20,21). The first-order valence-electron chi connectivity index (χ1n) is 6.32. The SMILES string of the molecule is N#Cc1cccc(NC(=S)NC(=O)Cc2ccccc2)c1. The second kappa shape index (κ2) is 7.17. The van der Waals surface area contributed by atoms with Crippen LogP contribution in [-0.4, -0.2) is 11.0 Å². The number of nitrogens with zero attached hydrogens (tertiary/aromatic N) is 1. The van der Waals surface area contributed by atoms with Gasteiger partial charge in [-0.05, 0) is 36.0 Å². The summed E-state index contributed by atoms with van der Waals surface area (Å²) in [5, 5.41) is 14.5.